The largest absolute Gasteiger partial charge is 0.312 e. The van der Waals surface area contributed by atoms with Crippen molar-refractivity contribution < 1.29 is 4.79 Å². The molecule has 0 unspecified atom stereocenters. The molecule has 7 heteroatoms. The fourth-order valence-electron chi connectivity index (χ4n) is 1.15. The first-order valence-corrected chi connectivity index (χ1v) is 5.92. The third-order valence-electron chi connectivity index (χ3n) is 1.93. The van der Waals surface area contributed by atoms with Crippen molar-refractivity contribution in [2.45, 2.75) is 5.16 Å². The lowest BCUT2D eigenvalue weighted by Crippen LogP contribution is -2.15. The number of nitrogens with zero attached hydrogens (tertiary/aromatic N) is 4. The predicted octanol–water partition coefficient (Wildman–Crippen LogP) is 0.941. The van der Waals surface area contributed by atoms with Gasteiger partial charge in [0.05, 0.1) is 5.75 Å². The van der Waals surface area contributed by atoms with Gasteiger partial charge in [0.25, 0.3) is 0 Å². The molecule has 0 saturated heterocycles. The first-order valence-electron chi connectivity index (χ1n) is 4.93. The SMILES string of the molecule is Cn1cnnc1SCC(=O)Nc1ccccn1. The number of carbonyl (C=O) groups is 1. The Hall–Kier alpha value is -1.89. The normalized spacial score (nSPS) is 10.2. The fourth-order valence-corrected chi connectivity index (χ4v) is 1.84. The summed E-state index contributed by atoms with van der Waals surface area (Å²) in [4.78, 5) is 15.6. The highest BCUT2D eigenvalue weighted by molar-refractivity contribution is 7.99. The Morgan fingerprint density at radius 2 is 2.41 bits per heavy atom. The highest BCUT2D eigenvalue weighted by Crippen LogP contribution is 2.13. The molecule has 17 heavy (non-hydrogen) atoms. The molecule has 1 amide bonds. The lowest BCUT2D eigenvalue weighted by Gasteiger charge is -2.03. The number of rotatable bonds is 4. The van der Waals surface area contributed by atoms with Gasteiger partial charge >= 0.3 is 0 Å². The average molecular weight is 249 g/mol. The summed E-state index contributed by atoms with van der Waals surface area (Å²) in [5.74, 6) is 0.719. The van der Waals surface area contributed by atoms with E-state index >= 15 is 0 Å². The number of aryl methyl sites for hydroxylation is 1. The van der Waals surface area contributed by atoms with Crippen LogP contribution in [0.1, 0.15) is 0 Å². The van der Waals surface area contributed by atoms with E-state index in [-0.39, 0.29) is 11.7 Å². The van der Waals surface area contributed by atoms with Crippen molar-refractivity contribution in [1.29, 1.82) is 0 Å². The highest BCUT2D eigenvalue weighted by Gasteiger charge is 2.07. The molecule has 0 aromatic carbocycles. The van der Waals surface area contributed by atoms with Crippen molar-refractivity contribution in [3.63, 3.8) is 0 Å². The minimum atomic E-state index is -0.114. The summed E-state index contributed by atoms with van der Waals surface area (Å²) >= 11 is 1.33. The number of amides is 1. The molecule has 2 rings (SSSR count). The van der Waals surface area contributed by atoms with Gasteiger partial charge < -0.3 is 9.88 Å². The first kappa shape index (κ1) is 11.6. The summed E-state index contributed by atoms with van der Waals surface area (Å²) in [5, 5.41) is 11.0. The third-order valence-corrected chi connectivity index (χ3v) is 2.97. The van der Waals surface area contributed by atoms with E-state index in [2.05, 4.69) is 20.5 Å². The molecule has 0 saturated carbocycles. The molecule has 0 bridgehead atoms. The molecule has 88 valence electrons. The standard InChI is InChI=1S/C10H11N5OS/c1-15-7-12-14-10(15)17-6-9(16)13-8-4-2-3-5-11-8/h2-5,7H,6H2,1H3,(H,11,13,16). The number of hydrogen-bond acceptors (Lipinski definition) is 5. The molecular weight excluding hydrogens is 238 g/mol. The van der Waals surface area contributed by atoms with Crippen molar-refractivity contribution in [3.8, 4) is 0 Å². The van der Waals surface area contributed by atoms with Crippen LogP contribution in [0.2, 0.25) is 0 Å². The van der Waals surface area contributed by atoms with Gasteiger partial charge in [-0.3, -0.25) is 4.79 Å². The van der Waals surface area contributed by atoms with E-state index < -0.39 is 0 Å². The Morgan fingerprint density at radius 1 is 1.53 bits per heavy atom. The molecule has 0 spiro atoms. The van der Waals surface area contributed by atoms with Gasteiger partial charge in [0.15, 0.2) is 5.16 Å². The Balaban J connectivity index is 1.84. The third kappa shape index (κ3) is 3.28. The van der Waals surface area contributed by atoms with Crippen LogP contribution < -0.4 is 5.32 Å². The Labute approximate surface area is 102 Å². The van der Waals surface area contributed by atoms with Gasteiger partial charge in [-0.05, 0) is 12.1 Å². The molecule has 0 aliphatic heterocycles. The molecule has 6 nitrogen and oxygen atoms in total. The Bertz CT molecular complexity index is 498. The Morgan fingerprint density at radius 3 is 3.06 bits per heavy atom. The van der Waals surface area contributed by atoms with Gasteiger partial charge in [-0.2, -0.15) is 0 Å². The molecule has 2 aromatic heterocycles. The molecule has 0 fully saturated rings. The van der Waals surface area contributed by atoms with Crippen LogP contribution in [0.25, 0.3) is 0 Å². The minimum Gasteiger partial charge on any atom is -0.312 e. The maximum Gasteiger partial charge on any atom is 0.236 e. The molecule has 1 N–H and O–H groups in total. The second-order valence-electron chi connectivity index (χ2n) is 3.28. The fraction of sp³-hybridized carbons (Fsp3) is 0.200. The van der Waals surface area contributed by atoms with E-state index in [1.165, 1.54) is 11.8 Å². The second-order valence-corrected chi connectivity index (χ2v) is 4.22. The number of hydrogen-bond donors (Lipinski definition) is 1. The van der Waals surface area contributed by atoms with Gasteiger partial charge in [0.1, 0.15) is 12.1 Å². The number of anilines is 1. The number of carbonyl (C=O) groups excluding carboxylic acids is 1. The quantitative estimate of drug-likeness (QED) is 0.816. The van der Waals surface area contributed by atoms with E-state index in [9.17, 15) is 4.79 Å². The zero-order chi connectivity index (χ0) is 12.1. The first-order chi connectivity index (χ1) is 8.25. The van der Waals surface area contributed by atoms with Gasteiger partial charge in [-0.15, -0.1) is 10.2 Å². The maximum absolute atomic E-state index is 11.6. The zero-order valence-corrected chi connectivity index (χ0v) is 10.0. The molecular formula is C10H11N5OS. The second kappa shape index (κ2) is 5.44. The zero-order valence-electron chi connectivity index (χ0n) is 9.20. The van der Waals surface area contributed by atoms with Crippen LogP contribution >= 0.6 is 11.8 Å². The average Bonchev–Trinajstić information content (AvgIpc) is 2.74. The van der Waals surface area contributed by atoms with E-state index in [4.69, 9.17) is 0 Å². The van der Waals surface area contributed by atoms with Gasteiger partial charge in [0, 0.05) is 13.2 Å². The highest BCUT2D eigenvalue weighted by atomic mass is 32.2. The number of nitrogens with one attached hydrogen (secondary N) is 1. The van der Waals surface area contributed by atoms with Crippen LogP contribution in [0.3, 0.4) is 0 Å². The van der Waals surface area contributed by atoms with Crippen LogP contribution in [-0.4, -0.2) is 31.4 Å². The van der Waals surface area contributed by atoms with Gasteiger partial charge in [0.2, 0.25) is 5.91 Å². The van der Waals surface area contributed by atoms with Crippen LogP contribution in [0.5, 0.6) is 0 Å². The number of thioether (sulfide) groups is 1. The summed E-state index contributed by atoms with van der Waals surface area (Å²) in [6.45, 7) is 0. The summed E-state index contributed by atoms with van der Waals surface area (Å²) < 4.78 is 1.76. The van der Waals surface area contributed by atoms with Crippen LogP contribution in [0.4, 0.5) is 5.82 Å². The van der Waals surface area contributed by atoms with Crippen LogP contribution in [-0.2, 0) is 11.8 Å². The molecule has 2 heterocycles. The van der Waals surface area contributed by atoms with Crippen molar-refractivity contribution in [1.82, 2.24) is 19.7 Å². The maximum atomic E-state index is 11.6. The van der Waals surface area contributed by atoms with E-state index in [0.29, 0.717) is 11.0 Å². The topological polar surface area (TPSA) is 72.7 Å². The van der Waals surface area contributed by atoms with Crippen LogP contribution in [0.15, 0.2) is 35.9 Å². The van der Waals surface area contributed by atoms with Crippen molar-refractivity contribution in [2.24, 2.45) is 7.05 Å². The molecule has 0 aliphatic carbocycles. The number of aromatic nitrogens is 4. The van der Waals surface area contributed by atoms with Crippen LogP contribution in [0, 0.1) is 0 Å². The molecule has 0 radical (unpaired) electrons. The van der Waals surface area contributed by atoms with Gasteiger partial charge in [-0.25, -0.2) is 4.98 Å². The monoisotopic (exact) mass is 249 g/mol. The van der Waals surface area contributed by atoms with E-state index in [1.54, 1.807) is 29.2 Å². The Kier molecular flexibility index (Phi) is 3.71. The predicted molar refractivity (Wildman–Crippen MR) is 64.6 cm³/mol. The summed E-state index contributed by atoms with van der Waals surface area (Å²) in [6.07, 6.45) is 3.23. The smallest absolute Gasteiger partial charge is 0.236 e. The summed E-state index contributed by atoms with van der Waals surface area (Å²) in [5.41, 5.74) is 0. The van der Waals surface area contributed by atoms with Crippen molar-refractivity contribution in [2.75, 3.05) is 11.1 Å². The van der Waals surface area contributed by atoms with E-state index in [0.717, 1.165) is 0 Å². The van der Waals surface area contributed by atoms with Crippen molar-refractivity contribution in [3.05, 3.63) is 30.7 Å². The molecule has 0 aliphatic rings. The van der Waals surface area contributed by atoms with E-state index in [1.807, 2.05) is 13.1 Å². The number of pyridine rings is 1. The lowest BCUT2D eigenvalue weighted by atomic mass is 10.4. The molecule has 0 atom stereocenters. The lowest BCUT2D eigenvalue weighted by molar-refractivity contribution is -0.113. The molecule has 2 aromatic rings. The summed E-state index contributed by atoms with van der Waals surface area (Å²) in [7, 11) is 1.83. The summed E-state index contributed by atoms with van der Waals surface area (Å²) in [6, 6.07) is 5.35. The van der Waals surface area contributed by atoms with Crippen molar-refractivity contribution >= 4 is 23.5 Å². The van der Waals surface area contributed by atoms with Gasteiger partial charge in [-0.1, -0.05) is 17.8 Å². The minimum absolute atomic E-state index is 0.114.